The maximum atomic E-state index is 11.2. The lowest BCUT2D eigenvalue weighted by atomic mass is 9.99. The zero-order chi connectivity index (χ0) is 15.0. The topological polar surface area (TPSA) is 101 Å². The number of carboxylic acid groups (broad SMARTS) is 1. The molecule has 0 aliphatic carbocycles. The molecule has 1 aromatic heterocycles. The van der Waals surface area contributed by atoms with Crippen LogP contribution in [0.15, 0.2) is 0 Å². The average molecular weight is 282 g/mol. The molecule has 0 saturated carbocycles. The molecule has 8 nitrogen and oxygen atoms in total. The van der Waals surface area contributed by atoms with Crippen molar-refractivity contribution in [2.75, 3.05) is 18.0 Å². The van der Waals surface area contributed by atoms with E-state index in [1.165, 1.54) is 0 Å². The maximum absolute atomic E-state index is 11.2. The Kier molecular flexibility index (Phi) is 3.65. The summed E-state index contributed by atoms with van der Waals surface area (Å²) in [6.07, 6.45) is 0. The second-order valence-corrected chi connectivity index (χ2v) is 5.16. The van der Waals surface area contributed by atoms with Crippen molar-refractivity contribution >= 4 is 17.5 Å². The highest BCUT2D eigenvalue weighted by Crippen LogP contribution is 2.36. The van der Waals surface area contributed by atoms with Crippen LogP contribution in [0.5, 0.6) is 0 Å². The summed E-state index contributed by atoms with van der Waals surface area (Å²) in [5.41, 5.74) is 0.336. The van der Waals surface area contributed by atoms with Gasteiger partial charge in [0.2, 0.25) is 5.82 Å². The number of hydrogen-bond acceptors (Lipinski definition) is 5. The fraction of sp³-hybridized carbons (Fsp3) is 0.667. The van der Waals surface area contributed by atoms with Crippen LogP contribution in [0.2, 0.25) is 0 Å². The number of nitro groups is 1. The molecule has 1 fully saturated rings. The van der Waals surface area contributed by atoms with E-state index in [4.69, 9.17) is 0 Å². The molecule has 20 heavy (non-hydrogen) atoms. The highest BCUT2D eigenvalue weighted by atomic mass is 16.6. The first-order valence-electron chi connectivity index (χ1n) is 6.56. The highest BCUT2D eigenvalue weighted by Gasteiger charge is 2.39. The van der Waals surface area contributed by atoms with E-state index in [-0.39, 0.29) is 18.2 Å². The zero-order valence-corrected chi connectivity index (χ0v) is 11.7. The van der Waals surface area contributed by atoms with Crippen LogP contribution in [0.1, 0.15) is 19.5 Å². The molecule has 2 atom stereocenters. The number of aryl methyl sites for hydroxylation is 2. The normalized spacial score (nSPS) is 22.2. The van der Waals surface area contributed by atoms with Gasteiger partial charge in [0, 0.05) is 19.6 Å². The Morgan fingerprint density at radius 3 is 2.65 bits per heavy atom. The van der Waals surface area contributed by atoms with Gasteiger partial charge in [0.15, 0.2) is 0 Å². The molecule has 1 N–H and O–H groups in total. The number of nitrogens with zero attached hydrogens (tertiary/aromatic N) is 4. The smallest absolute Gasteiger partial charge is 0.333 e. The molecule has 110 valence electrons. The first kappa shape index (κ1) is 14.3. The summed E-state index contributed by atoms with van der Waals surface area (Å²) in [5.74, 6) is -0.990. The molecular weight excluding hydrogens is 264 g/mol. The van der Waals surface area contributed by atoms with Crippen LogP contribution in [-0.2, 0) is 11.3 Å². The molecule has 0 spiro atoms. The zero-order valence-electron chi connectivity index (χ0n) is 11.7. The van der Waals surface area contributed by atoms with E-state index >= 15 is 0 Å². The molecule has 2 unspecified atom stereocenters. The molecule has 0 aromatic carbocycles. The summed E-state index contributed by atoms with van der Waals surface area (Å²) in [4.78, 5) is 23.7. The summed E-state index contributed by atoms with van der Waals surface area (Å²) in [6, 6.07) is 0. The lowest BCUT2D eigenvalue weighted by molar-refractivity contribution is -0.384. The van der Waals surface area contributed by atoms with Gasteiger partial charge in [-0.25, -0.2) is 4.68 Å². The largest absolute Gasteiger partial charge is 0.481 e. The van der Waals surface area contributed by atoms with E-state index in [1.807, 2.05) is 13.8 Å². The Labute approximate surface area is 116 Å². The van der Waals surface area contributed by atoms with Crippen molar-refractivity contribution in [3.05, 3.63) is 15.8 Å². The van der Waals surface area contributed by atoms with Crippen molar-refractivity contribution in [3.63, 3.8) is 0 Å². The van der Waals surface area contributed by atoms with E-state index in [0.29, 0.717) is 24.6 Å². The summed E-state index contributed by atoms with van der Waals surface area (Å²) < 4.78 is 1.57. The Hall–Kier alpha value is -2.12. The van der Waals surface area contributed by atoms with Gasteiger partial charge in [-0.15, -0.1) is 0 Å². The monoisotopic (exact) mass is 282 g/mol. The molecule has 1 aliphatic heterocycles. The molecule has 2 heterocycles. The van der Waals surface area contributed by atoms with Crippen LogP contribution in [0.4, 0.5) is 11.5 Å². The van der Waals surface area contributed by atoms with Gasteiger partial charge in [0.25, 0.3) is 0 Å². The van der Waals surface area contributed by atoms with E-state index in [0.717, 1.165) is 0 Å². The van der Waals surface area contributed by atoms with Crippen LogP contribution in [0.25, 0.3) is 0 Å². The van der Waals surface area contributed by atoms with Gasteiger partial charge < -0.3 is 10.0 Å². The molecule has 8 heteroatoms. The Balaban J connectivity index is 2.43. The lowest BCUT2D eigenvalue weighted by Gasteiger charge is -2.18. The third kappa shape index (κ3) is 2.21. The van der Waals surface area contributed by atoms with Crippen LogP contribution in [0, 0.1) is 28.9 Å². The van der Waals surface area contributed by atoms with Gasteiger partial charge in [0.1, 0.15) is 5.69 Å². The Morgan fingerprint density at radius 2 is 2.20 bits per heavy atom. The molecule has 1 aromatic rings. The fourth-order valence-electron chi connectivity index (χ4n) is 2.77. The number of carbonyl (C=O) groups is 1. The number of hydrogen-bond donors (Lipinski definition) is 1. The third-order valence-electron chi connectivity index (χ3n) is 3.78. The van der Waals surface area contributed by atoms with Crippen molar-refractivity contribution in [1.82, 2.24) is 9.78 Å². The molecule has 0 radical (unpaired) electrons. The van der Waals surface area contributed by atoms with E-state index in [1.54, 1.807) is 16.5 Å². The Bertz CT molecular complexity index is 554. The standard InChI is InChI=1S/C12H18N4O4/c1-4-15-11(10(16(19)20)8(3)13-15)14-5-7(2)9(6-14)12(17)18/h7,9H,4-6H2,1-3H3,(H,17,18). The minimum Gasteiger partial charge on any atom is -0.481 e. The number of aromatic nitrogens is 2. The van der Waals surface area contributed by atoms with E-state index in [9.17, 15) is 20.0 Å². The quantitative estimate of drug-likeness (QED) is 0.659. The van der Waals surface area contributed by atoms with Crippen molar-refractivity contribution in [1.29, 1.82) is 0 Å². The number of anilines is 1. The van der Waals surface area contributed by atoms with Crippen molar-refractivity contribution in [2.45, 2.75) is 27.3 Å². The lowest BCUT2D eigenvalue weighted by Crippen LogP contribution is -2.25. The van der Waals surface area contributed by atoms with Gasteiger partial charge in [-0.3, -0.25) is 14.9 Å². The SMILES string of the molecule is CCn1nc(C)c([N+](=O)[O-])c1N1CC(C)C(C(=O)O)C1. The van der Waals surface area contributed by atoms with Crippen molar-refractivity contribution < 1.29 is 14.8 Å². The summed E-state index contributed by atoms with van der Waals surface area (Å²) in [6.45, 7) is 6.58. The van der Waals surface area contributed by atoms with E-state index in [2.05, 4.69) is 5.10 Å². The molecule has 1 saturated heterocycles. The average Bonchev–Trinajstić information content (AvgIpc) is 2.89. The predicted molar refractivity (Wildman–Crippen MR) is 71.8 cm³/mol. The molecule has 2 rings (SSSR count). The maximum Gasteiger partial charge on any atom is 0.333 e. The molecular formula is C12H18N4O4. The minimum atomic E-state index is -0.859. The minimum absolute atomic E-state index is 0.0231. The van der Waals surface area contributed by atoms with Gasteiger partial charge in [-0.2, -0.15) is 5.10 Å². The number of rotatable bonds is 4. The number of aliphatic carboxylic acids is 1. The van der Waals surface area contributed by atoms with Crippen LogP contribution >= 0.6 is 0 Å². The first-order chi connectivity index (χ1) is 9.36. The van der Waals surface area contributed by atoms with Crippen molar-refractivity contribution in [2.24, 2.45) is 11.8 Å². The second kappa shape index (κ2) is 5.10. The van der Waals surface area contributed by atoms with E-state index < -0.39 is 16.8 Å². The van der Waals surface area contributed by atoms with Gasteiger partial charge in [-0.05, 0) is 19.8 Å². The van der Waals surface area contributed by atoms with Crippen LogP contribution in [-0.4, -0.2) is 38.9 Å². The molecule has 1 aliphatic rings. The molecule has 0 amide bonds. The summed E-state index contributed by atoms with van der Waals surface area (Å²) >= 11 is 0. The van der Waals surface area contributed by atoms with Gasteiger partial charge in [-0.1, -0.05) is 6.92 Å². The van der Waals surface area contributed by atoms with Crippen LogP contribution < -0.4 is 4.90 Å². The summed E-state index contributed by atoms with van der Waals surface area (Å²) in [5, 5.41) is 24.6. The predicted octanol–water partition coefficient (Wildman–Crippen LogP) is 1.28. The fourth-order valence-corrected chi connectivity index (χ4v) is 2.77. The van der Waals surface area contributed by atoms with Crippen LogP contribution in [0.3, 0.4) is 0 Å². The highest BCUT2D eigenvalue weighted by molar-refractivity contribution is 5.73. The third-order valence-corrected chi connectivity index (χ3v) is 3.78. The summed E-state index contributed by atoms with van der Waals surface area (Å²) in [7, 11) is 0. The van der Waals surface area contributed by atoms with Crippen molar-refractivity contribution in [3.8, 4) is 0 Å². The van der Waals surface area contributed by atoms with Gasteiger partial charge in [0.05, 0.1) is 10.8 Å². The second-order valence-electron chi connectivity index (χ2n) is 5.16. The van der Waals surface area contributed by atoms with Gasteiger partial charge >= 0.3 is 11.7 Å². The Morgan fingerprint density at radius 1 is 1.55 bits per heavy atom. The first-order valence-corrected chi connectivity index (χ1v) is 6.56. The molecule has 0 bridgehead atoms. The number of carboxylic acids is 1.